The summed E-state index contributed by atoms with van der Waals surface area (Å²) < 4.78 is 2.90. The van der Waals surface area contributed by atoms with Gasteiger partial charge in [0.05, 0.1) is 18.7 Å². The van der Waals surface area contributed by atoms with Crippen LogP contribution in [0.3, 0.4) is 0 Å². The first-order chi connectivity index (χ1) is 12.2. The maximum Gasteiger partial charge on any atom is 0.226 e. The fourth-order valence-corrected chi connectivity index (χ4v) is 4.17. The number of carbonyl (C=O) groups is 1. The van der Waals surface area contributed by atoms with Gasteiger partial charge in [-0.15, -0.1) is 11.3 Å². The van der Waals surface area contributed by atoms with E-state index in [-0.39, 0.29) is 5.91 Å². The summed E-state index contributed by atoms with van der Waals surface area (Å²) in [6.45, 7) is 3.30. The highest BCUT2D eigenvalue weighted by molar-refractivity contribution is 8.00. The van der Waals surface area contributed by atoms with Crippen molar-refractivity contribution in [2.45, 2.75) is 30.8 Å². The largest absolute Gasteiger partial charge is 0.352 e. The molecule has 1 amide bonds. The normalized spacial score (nSPS) is 10.8. The Morgan fingerprint density at radius 2 is 2.12 bits per heavy atom. The second-order valence-corrected chi connectivity index (χ2v) is 7.83. The van der Waals surface area contributed by atoms with Gasteiger partial charge in [-0.25, -0.2) is 4.98 Å². The average Bonchev–Trinajstić information content (AvgIpc) is 3.27. The van der Waals surface area contributed by atoms with E-state index in [4.69, 9.17) is 0 Å². The molecule has 0 radical (unpaired) electrons. The van der Waals surface area contributed by atoms with E-state index < -0.39 is 0 Å². The summed E-state index contributed by atoms with van der Waals surface area (Å²) >= 11 is 3.30. The lowest BCUT2D eigenvalue weighted by molar-refractivity contribution is -0.120. The third-order valence-electron chi connectivity index (χ3n) is 3.63. The van der Waals surface area contributed by atoms with Crippen LogP contribution in [0, 0.1) is 0 Å². The lowest BCUT2D eigenvalue weighted by atomic mass is 10.1. The molecule has 2 heterocycles. The van der Waals surface area contributed by atoms with Gasteiger partial charge in [-0.3, -0.25) is 9.48 Å². The maximum atomic E-state index is 12.2. The predicted molar refractivity (Wildman–Crippen MR) is 102 cm³/mol. The van der Waals surface area contributed by atoms with Gasteiger partial charge in [-0.2, -0.15) is 5.10 Å². The Morgan fingerprint density at radius 3 is 2.88 bits per heavy atom. The second-order valence-electron chi connectivity index (χ2n) is 5.46. The first kappa shape index (κ1) is 17.7. The summed E-state index contributed by atoms with van der Waals surface area (Å²) in [4.78, 5) is 16.7. The van der Waals surface area contributed by atoms with Crippen molar-refractivity contribution in [3.63, 3.8) is 0 Å². The van der Waals surface area contributed by atoms with E-state index in [2.05, 4.69) is 28.4 Å². The SMILES string of the molecule is CCSc1nc(CC(=O)NCc2ccccc2Cn2cccn2)cs1. The monoisotopic (exact) mass is 372 g/mol. The van der Waals surface area contributed by atoms with Crippen LogP contribution < -0.4 is 5.32 Å². The van der Waals surface area contributed by atoms with Crippen molar-refractivity contribution in [3.05, 3.63) is 64.9 Å². The molecule has 0 saturated heterocycles. The Morgan fingerprint density at radius 1 is 1.28 bits per heavy atom. The van der Waals surface area contributed by atoms with Crippen molar-refractivity contribution in [1.82, 2.24) is 20.1 Å². The fraction of sp³-hybridized carbons (Fsp3) is 0.278. The Hall–Kier alpha value is -2.12. The molecule has 3 aromatic rings. The minimum atomic E-state index is -0.00718. The Kier molecular flexibility index (Phi) is 6.25. The van der Waals surface area contributed by atoms with Gasteiger partial charge >= 0.3 is 0 Å². The number of nitrogens with zero attached hydrogens (tertiary/aromatic N) is 3. The topological polar surface area (TPSA) is 59.8 Å². The second kappa shape index (κ2) is 8.82. The number of amides is 1. The number of benzene rings is 1. The van der Waals surface area contributed by atoms with Crippen molar-refractivity contribution in [2.24, 2.45) is 0 Å². The van der Waals surface area contributed by atoms with Gasteiger partial charge < -0.3 is 5.32 Å². The van der Waals surface area contributed by atoms with Crippen LogP contribution in [0.5, 0.6) is 0 Å². The van der Waals surface area contributed by atoms with Gasteiger partial charge in [0.25, 0.3) is 0 Å². The Labute approximate surface area is 155 Å². The molecule has 0 bridgehead atoms. The van der Waals surface area contributed by atoms with Crippen LogP contribution in [-0.4, -0.2) is 26.4 Å². The molecule has 0 unspecified atom stereocenters. The molecule has 130 valence electrons. The Bertz CT molecular complexity index is 814. The van der Waals surface area contributed by atoms with Crippen LogP contribution in [-0.2, 0) is 24.3 Å². The third kappa shape index (κ3) is 5.17. The summed E-state index contributed by atoms with van der Waals surface area (Å²) in [7, 11) is 0. The highest BCUT2D eigenvalue weighted by Gasteiger charge is 2.09. The first-order valence-electron chi connectivity index (χ1n) is 8.12. The number of hydrogen-bond donors (Lipinski definition) is 1. The predicted octanol–water partition coefficient (Wildman–Crippen LogP) is 3.36. The highest BCUT2D eigenvalue weighted by atomic mass is 32.2. The van der Waals surface area contributed by atoms with Crippen molar-refractivity contribution < 1.29 is 4.79 Å². The van der Waals surface area contributed by atoms with Crippen molar-refractivity contribution in [2.75, 3.05) is 5.75 Å². The quantitative estimate of drug-likeness (QED) is 0.616. The molecule has 1 aromatic carbocycles. The molecular formula is C18H20N4OS2. The summed E-state index contributed by atoms with van der Waals surface area (Å²) in [6.07, 6.45) is 4.02. The van der Waals surface area contributed by atoms with Crippen molar-refractivity contribution >= 4 is 29.0 Å². The first-order valence-corrected chi connectivity index (χ1v) is 9.99. The summed E-state index contributed by atoms with van der Waals surface area (Å²) in [5, 5.41) is 9.20. The molecule has 5 nitrogen and oxygen atoms in total. The van der Waals surface area contributed by atoms with E-state index in [0.29, 0.717) is 19.5 Å². The van der Waals surface area contributed by atoms with Crippen LogP contribution in [0.1, 0.15) is 23.7 Å². The van der Waals surface area contributed by atoms with Crippen molar-refractivity contribution in [1.29, 1.82) is 0 Å². The summed E-state index contributed by atoms with van der Waals surface area (Å²) in [6, 6.07) is 10.0. The summed E-state index contributed by atoms with van der Waals surface area (Å²) in [5.74, 6) is 0.985. The molecule has 0 atom stereocenters. The van der Waals surface area contributed by atoms with E-state index in [1.165, 1.54) is 0 Å². The number of rotatable bonds is 8. The van der Waals surface area contributed by atoms with Crippen LogP contribution >= 0.6 is 23.1 Å². The highest BCUT2D eigenvalue weighted by Crippen LogP contribution is 2.22. The van der Waals surface area contributed by atoms with Crippen LogP contribution in [0.4, 0.5) is 0 Å². The van der Waals surface area contributed by atoms with Crippen LogP contribution in [0.25, 0.3) is 0 Å². The van der Waals surface area contributed by atoms with E-state index in [9.17, 15) is 4.79 Å². The molecule has 0 saturated carbocycles. The smallest absolute Gasteiger partial charge is 0.226 e. The number of nitrogens with one attached hydrogen (secondary N) is 1. The number of aromatic nitrogens is 3. The van der Waals surface area contributed by atoms with Crippen LogP contribution in [0.15, 0.2) is 52.4 Å². The minimum Gasteiger partial charge on any atom is -0.352 e. The zero-order chi connectivity index (χ0) is 17.5. The number of thioether (sulfide) groups is 1. The summed E-state index contributed by atoms with van der Waals surface area (Å²) in [5.41, 5.74) is 3.09. The Balaban J connectivity index is 1.56. The molecule has 25 heavy (non-hydrogen) atoms. The molecule has 0 aliphatic carbocycles. The van der Waals surface area contributed by atoms with E-state index in [1.54, 1.807) is 29.3 Å². The van der Waals surface area contributed by atoms with E-state index >= 15 is 0 Å². The standard InChI is InChI=1S/C18H20N4OS2/c1-2-24-18-21-16(13-25-18)10-17(23)19-11-14-6-3-4-7-15(14)12-22-9-5-8-20-22/h3-9,13H,2,10-12H2,1H3,(H,19,23). The molecule has 2 aromatic heterocycles. The van der Waals surface area contributed by atoms with Gasteiger partial charge in [0.2, 0.25) is 5.91 Å². The molecular weight excluding hydrogens is 352 g/mol. The zero-order valence-electron chi connectivity index (χ0n) is 14.0. The van der Waals surface area contributed by atoms with Crippen LogP contribution in [0.2, 0.25) is 0 Å². The van der Waals surface area contributed by atoms with Gasteiger partial charge in [0, 0.05) is 24.3 Å². The third-order valence-corrected chi connectivity index (χ3v) is 5.58. The fourth-order valence-electron chi connectivity index (χ4n) is 2.43. The maximum absolute atomic E-state index is 12.2. The molecule has 0 spiro atoms. The molecule has 3 rings (SSSR count). The van der Waals surface area contributed by atoms with Crippen molar-refractivity contribution in [3.8, 4) is 0 Å². The average molecular weight is 373 g/mol. The number of carbonyl (C=O) groups excluding carboxylic acids is 1. The van der Waals surface area contributed by atoms with Gasteiger partial charge in [0.15, 0.2) is 0 Å². The zero-order valence-corrected chi connectivity index (χ0v) is 15.6. The lowest BCUT2D eigenvalue weighted by Gasteiger charge is -2.10. The molecule has 0 fully saturated rings. The minimum absolute atomic E-state index is 0.00718. The molecule has 0 aliphatic rings. The van der Waals surface area contributed by atoms with E-state index in [1.807, 2.05) is 40.5 Å². The van der Waals surface area contributed by atoms with Gasteiger partial charge in [-0.05, 0) is 22.9 Å². The number of thiazole rings is 1. The molecule has 7 heteroatoms. The molecule has 1 N–H and O–H groups in total. The molecule has 0 aliphatic heterocycles. The number of hydrogen-bond acceptors (Lipinski definition) is 5. The van der Waals surface area contributed by atoms with E-state index in [0.717, 1.165) is 26.9 Å². The van der Waals surface area contributed by atoms with Gasteiger partial charge in [0.1, 0.15) is 4.34 Å². The van der Waals surface area contributed by atoms with Gasteiger partial charge in [-0.1, -0.05) is 43.0 Å². The lowest BCUT2D eigenvalue weighted by Crippen LogP contribution is -2.25.